The summed E-state index contributed by atoms with van der Waals surface area (Å²) in [5.74, 6) is -0.979. The minimum absolute atomic E-state index is 0.215. The molecule has 2 atom stereocenters. The van der Waals surface area contributed by atoms with E-state index in [0.717, 1.165) is 24.3 Å². The maximum absolute atomic E-state index is 10.5. The monoisotopic (exact) mass is 265 g/mol. The molecule has 1 aliphatic heterocycles. The van der Waals surface area contributed by atoms with Gasteiger partial charge in [0, 0.05) is 6.54 Å². The van der Waals surface area contributed by atoms with E-state index in [2.05, 4.69) is 5.32 Å². The Labute approximate surface area is 112 Å². The second kappa shape index (κ2) is 6.65. The van der Waals surface area contributed by atoms with Gasteiger partial charge < -0.3 is 20.3 Å². The Bertz CT molecular complexity index is 412. The highest BCUT2D eigenvalue weighted by molar-refractivity contribution is 5.67. The summed E-state index contributed by atoms with van der Waals surface area (Å²) in [6, 6.07) is 8.06. The number of aliphatic hydroxyl groups excluding tert-OH is 1. The van der Waals surface area contributed by atoms with Crippen molar-refractivity contribution in [3.05, 3.63) is 35.4 Å². The third kappa shape index (κ3) is 4.31. The van der Waals surface area contributed by atoms with Crippen LogP contribution in [-0.4, -0.2) is 42.0 Å². The van der Waals surface area contributed by atoms with Gasteiger partial charge in [0.1, 0.15) is 0 Å². The van der Waals surface area contributed by atoms with Crippen LogP contribution >= 0.6 is 0 Å². The lowest BCUT2D eigenvalue weighted by Gasteiger charge is -2.24. The lowest BCUT2D eigenvalue weighted by atomic mass is 10.0. The molecule has 1 heterocycles. The van der Waals surface area contributed by atoms with Gasteiger partial charge in [0.2, 0.25) is 0 Å². The molecule has 0 spiro atoms. The third-order valence-corrected chi connectivity index (χ3v) is 3.19. The first-order valence-electron chi connectivity index (χ1n) is 6.45. The van der Waals surface area contributed by atoms with Gasteiger partial charge in [-0.15, -0.1) is 0 Å². The number of nitrogens with one attached hydrogen (secondary N) is 1. The van der Waals surface area contributed by atoms with Crippen molar-refractivity contribution >= 4 is 5.97 Å². The molecule has 0 aliphatic carbocycles. The van der Waals surface area contributed by atoms with Crippen LogP contribution in [0.15, 0.2) is 24.3 Å². The molecule has 5 nitrogen and oxygen atoms in total. The Morgan fingerprint density at radius 2 is 2.16 bits per heavy atom. The summed E-state index contributed by atoms with van der Waals surface area (Å²) in [5, 5.41) is 21.5. The number of carbonyl (C=O) groups is 1. The quantitative estimate of drug-likeness (QED) is 0.731. The molecule has 1 fully saturated rings. The summed E-state index contributed by atoms with van der Waals surface area (Å²) in [4.78, 5) is 10.5. The molecule has 1 aromatic rings. The van der Waals surface area contributed by atoms with Gasteiger partial charge in [-0.05, 0) is 17.5 Å². The van der Waals surface area contributed by atoms with Gasteiger partial charge in [0.05, 0.1) is 31.8 Å². The van der Waals surface area contributed by atoms with E-state index >= 15 is 0 Å². The van der Waals surface area contributed by atoms with Gasteiger partial charge in [0.15, 0.2) is 0 Å². The van der Waals surface area contributed by atoms with Crippen LogP contribution in [0.25, 0.3) is 0 Å². The topological polar surface area (TPSA) is 78.8 Å². The molecule has 2 rings (SSSR count). The zero-order valence-electron chi connectivity index (χ0n) is 10.7. The molecule has 5 heteroatoms. The van der Waals surface area contributed by atoms with Crippen molar-refractivity contribution in [2.75, 3.05) is 19.8 Å². The number of benzene rings is 1. The van der Waals surface area contributed by atoms with Gasteiger partial charge in [0.25, 0.3) is 0 Å². The van der Waals surface area contributed by atoms with Gasteiger partial charge in [-0.1, -0.05) is 24.3 Å². The summed E-state index contributed by atoms with van der Waals surface area (Å²) in [6.07, 6.45) is -0.694. The van der Waals surface area contributed by atoms with Crippen molar-refractivity contribution in [3.63, 3.8) is 0 Å². The second-order valence-electron chi connectivity index (χ2n) is 4.78. The van der Waals surface area contributed by atoms with E-state index in [9.17, 15) is 9.90 Å². The number of morpholine rings is 1. The largest absolute Gasteiger partial charge is 0.481 e. The van der Waals surface area contributed by atoms with Crippen LogP contribution in [0.4, 0.5) is 0 Å². The Balaban J connectivity index is 1.92. The van der Waals surface area contributed by atoms with Gasteiger partial charge in [-0.3, -0.25) is 4.79 Å². The molecule has 104 valence electrons. The van der Waals surface area contributed by atoms with Crippen LogP contribution in [0.1, 0.15) is 23.6 Å². The molecular weight excluding hydrogens is 246 g/mol. The lowest BCUT2D eigenvalue weighted by Crippen LogP contribution is -2.34. The summed E-state index contributed by atoms with van der Waals surface area (Å²) >= 11 is 0. The van der Waals surface area contributed by atoms with E-state index < -0.39 is 12.1 Å². The molecule has 1 aliphatic rings. The highest BCUT2D eigenvalue weighted by Crippen LogP contribution is 2.17. The lowest BCUT2D eigenvalue weighted by molar-refractivity contribution is -0.139. The number of carboxylic acids is 1. The molecule has 0 aromatic heterocycles. The summed E-state index contributed by atoms with van der Waals surface area (Å²) in [5.41, 5.74) is 2.09. The molecule has 1 aromatic carbocycles. The number of hydrogen-bond donors (Lipinski definition) is 3. The number of aliphatic carboxylic acids is 1. The van der Waals surface area contributed by atoms with Gasteiger partial charge in [-0.2, -0.15) is 0 Å². The van der Waals surface area contributed by atoms with Gasteiger partial charge >= 0.3 is 5.97 Å². The molecular formula is C14H19NO4. The predicted octanol–water partition coefficient (Wildman–Crippen LogP) is 0.726. The summed E-state index contributed by atoms with van der Waals surface area (Å²) in [6.45, 7) is 2.26. The molecule has 19 heavy (non-hydrogen) atoms. The molecule has 0 saturated carbocycles. The fraction of sp³-hybridized carbons (Fsp3) is 0.500. The van der Waals surface area contributed by atoms with Crippen molar-refractivity contribution in [2.45, 2.75) is 25.0 Å². The van der Waals surface area contributed by atoms with Gasteiger partial charge in [-0.25, -0.2) is 0 Å². The maximum Gasteiger partial charge on any atom is 0.305 e. The van der Waals surface area contributed by atoms with Crippen molar-refractivity contribution in [1.29, 1.82) is 0 Å². The summed E-state index contributed by atoms with van der Waals surface area (Å²) in [7, 11) is 0. The average Bonchev–Trinajstić information content (AvgIpc) is 2.39. The smallest absolute Gasteiger partial charge is 0.305 e. The number of carboxylic acid groups (broad SMARTS) is 1. The molecule has 2 unspecified atom stereocenters. The Hall–Kier alpha value is -1.43. The second-order valence-corrected chi connectivity index (χ2v) is 4.78. The highest BCUT2D eigenvalue weighted by atomic mass is 16.5. The number of hydrogen-bond acceptors (Lipinski definition) is 4. The zero-order chi connectivity index (χ0) is 13.7. The zero-order valence-corrected chi connectivity index (χ0v) is 10.7. The molecule has 0 bridgehead atoms. The van der Waals surface area contributed by atoms with E-state index in [1.54, 1.807) is 0 Å². The SMILES string of the molecule is O=C(O)CC(O)Cc1ccc(C2COCCN2)cc1. The molecule has 0 amide bonds. The van der Waals surface area contributed by atoms with Crippen molar-refractivity contribution in [2.24, 2.45) is 0 Å². The predicted molar refractivity (Wildman–Crippen MR) is 70.0 cm³/mol. The number of ether oxygens (including phenoxy) is 1. The van der Waals surface area contributed by atoms with E-state index in [-0.39, 0.29) is 12.5 Å². The molecule has 0 radical (unpaired) electrons. The van der Waals surface area contributed by atoms with E-state index in [1.807, 2.05) is 24.3 Å². The van der Waals surface area contributed by atoms with E-state index in [0.29, 0.717) is 13.0 Å². The normalized spacial score (nSPS) is 21.0. The fourth-order valence-electron chi connectivity index (χ4n) is 2.21. The van der Waals surface area contributed by atoms with E-state index in [4.69, 9.17) is 9.84 Å². The van der Waals surface area contributed by atoms with Crippen molar-refractivity contribution in [1.82, 2.24) is 5.32 Å². The Kier molecular flexibility index (Phi) is 4.90. The van der Waals surface area contributed by atoms with Crippen LogP contribution in [0.2, 0.25) is 0 Å². The first-order chi connectivity index (χ1) is 9.15. The van der Waals surface area contributed by atoms with Crippen LogP contribution in [-0.2, 0) is 16.0 Å². The fourth-order valence-corrected chi connectivity index (χ4v) is 2.21. The number of aliphatic hydroxyl groups is 1. The van der Waals surface area contributed by atoms with Crippen LogP contribution in [0, 0.1) is 0 Å². The van der Waals surface area contributed by atoms with Crippen LogP contribution in [0.5, 0.6) is 0 Å². The summed E-state index contributed by atoms with van der Waals surface area (Å²) < 4.78 is 5.41. The Morgan fingerprint density at radius 3 is 2.74 bits per heavy atom. The first-order valence-corrected chi connectivity index (χ1v) is 6.45. The van der Waals surface area contributed by atoms with Crippen LogP contribution < -0.4 is 5.32 Å². The standard InChI is InChI=1S/C14H19NO4/c16-12(8-14(17)18)7-10-1-3-11(4-2-10)13-9-19-6-5-15-13/h1-4,12-13,15-16H,5-9H2,(H,17,18). The van der Waals surface area contributed by atoms with Crippen LogP contribution in [0.3, 0.4) is 0 Å². The van der Waals surface area contributed by atoms with Crippen molar-refractivity contribution in [3.8, 4) is 0 Å². The minimum atomic E-state index is -0.979. The Morgan fingerprint density at radius 1 is 1.42 bits per heavy atom. The average molecular weight is 265 g/mol. The van der Waals surface area contributed by atoms with E-state index in [1.165, 1.54) is 0 Å². The maximum atomic E-state index is 10.5. The number of rotatable bonds is 5. The third-order valence-electron chi connectivity index (χ3n) is 3.19. The van der Waals surface area contributed by atoms with Crippen molar-refractivity contribution < 1.29 is 19.7 Å². The minimum Gasteiger partial charge on any atom is -0.481 e. The highest BCUT2D eigenvalue weighted by Gasteiger charge is 2.15. The molecule has 1 saturated heterocycles. The molecule has 3 N–H and O–H groups in total. The first kappa shape index (κ1) is 14.0.